The number of benzene rings is 3. The lowest BCUT2D eigenvalue weighted by Crippen LogP contribution is -2.31. The van der Waals surface area contributed by atoms with Crippen molar-refractivity contribution in [3.05, 3.63) is 83.9 Å². The zero-order chi connectivity index (χ0) is 20.1. The fourth-order valence-corrected chi connectivity index (χ4v) is 3.76. The van der Waals surface area contributed by atoms with Crippen LogP contribution in [0.1, 0.15) is 11.1 Å². The van der Waals surface area contributed by atoms with Gasteiger partial charge < -0.3 is 15.5 Å². The van der Waals surface area contributed by atoms with Crippen LogP contribution in [0.15, 0.2) is 72.8 Å². The molecule has 4 nitrogen and oxygen atoms in total. The average Bonchev–Trinajstić information content (AvgIpc) is 3.21. The summed E-state index contributed by atoms with van der Waals surface area (Å²) in [5.41, 5.74) is 7.60. The summed E-state index contributed by atoms with van der Waals surface area (Å²) >= 11 is 0. The van der Waals surface area contributed by atoms with Gasteiger partial charge in [0.05, 0.1) is 18.0 Å². The molecule has 1 heterocycles. The molecule has 29 heavy (non-hydrogen) atoms. The number of nitrogens with one attached hydrogen (secondary N) is 2. The van der Waals surface area contributed by atoms with Gasteiger partial charge in [-0.15, -0.1) is 0 Å². The normalized spacial score (nSPS) is 12.7. The fourth-order valence-electron chi connectivity index (χ4n) is 3.76. The van der Waals surface area contributed by atoms with Gasteiger partial charge in [0.1, 0.15) is 0 Å². The van der Waals surface area contributed by atoms with Crippen molar-refractivity contribution in [2.75, 3.05) is 44.5 Å². The van der Waals surface area contributed by atoms with Gasteiger partial charge in [0.2, 0.25) is 0 Å². The molecule has 3 aromatic carbocycles. The highest BCUT2D eigenvalue weighted by Gasteiger charge is 2.12. The number of rotatable bonds is 8. The molecule has 0 saturated heterocycles. The Morgan fingerprint density at radius 1 is 0.690 bits per heavy atom. The van der Waals surface area contributed by atoms with Gasteiger partial charge in [-0.1, -0.05) is 54.6 Å². The molecule has 0 bridgehead atoms. The van der Waals surface area contributed by atoms with Crippen molar-refractivity contribution < 1.29 is 0 Å². The first-order valence-corrected chi connectivity index (χ1v) is 10.3. The van der Waals surface area contributed by atoms with E-state index in [0.29, 0.717) is 0 Å². The molecule has 0 amide bonds. The zero-order valence-corrected chi connectivity index (χ0v) is 17.4. The van der Waals surface area contributed by atoms with Gasteiger partial charge >= 0.3 is 0 Å². The first-order valence-electron chi connectivity index (χ1n) is 10.3. The average molecular weight is 387 g/mol. The van der Waals surface area contributed by atoms with Crippen LogP contribution in [0.25, 0.3) is 11.1 Å². The molecule has 0 fully saturated rings. The molecular weight excluding hydrogens is 356 g/mol. The molecule has 0 aromatic heterocycles. The van der Waals surface area contributed by atoms with Gasteiger partial charge in [-0.05, 0) is 54.5 Å². The van der Waals surface area contributed by atoms with Gasteiger partial charge in [-0.2, -0.15) is 0 Å². The second-order valence-corrected chi connectivity index (χ2v) is 7.99. The number of fused-ring (bicyclic) bond motifs is 1. The second-order valence-electron chi connectivity index (χ2n) is 7.99. The van der Waals surface area contributed by atoms with Crippen molar-refractivity contribution >= 4 is 11.4 Å². The zero-order valence-electron chi connectivity index (χ0n) is 17.4. The predicted molar refractivity (Wildman–Crippen MR) is 123 cm³/mol. The van der Waals surface area contributed by atoms with Crippen LogP contribution in [-0.2, 0) is 13.1 Å². The van der Waals surface area contributed by atoms with E-state index in [1.807, 2.05) is 0 Å². The molecule has 0 aliphatic carbocycles. The summed E-state index contributed by atoms with van der Waals surface area (Å²) in [6, 6.07) is 26.3. The SMILES string of the molecule is CN(C)CCN(Cc1ccccc1)Cc1cccc(-c2ccc3c(c2)NCN3)c1. The monoisotopic (exact) mass is 386 g/mol. The van der Waals surface area contributed by atoms with Crippen LogP contribution >= 0.6 is 0 Å². The second kappa shape index (κ2) is 9.12. The van der Waals surface area contributed by atoms with E-state index in [2.05, 4.69) is 107 Å². The minimum Gasteiger partial charge on any atom is -0.366 e. The van der Waals surface area contributed by atoms with E-state index in [0.717, 1.165) is 32.8 Å². The lowest BCUT2D eigenvalue weighted by atomic mass is 10.0. The summed E-state index contributed by atoms with van der Waals surface area (Å²) in [7, 11) is 4.27. The van der Waals surface area contributed by atoms with E-state index in [4.69, 9.17) is 0 Å². The maximum Gasteiger partial charge on any atom is 0.0850 e. The largest absolute Gasteiger partial charge is 0.366 e. The highest BCUT2D eigenvalue weighted by Crippen LogP contribution is 2.32. The van der Waals surface area contributed by atoms with Crippen LogP contribution in [0.3, 0.4) is 0 Å². The smallest absolute Gasteiger partial charge is 0.0850 e. The van der Waals surface area contributed by atoms with Crippen LogP contribution in [0.5, 0.6) is 0 Å². The van der Waals surface area contributed by atoms with Crippen LogP contribution in [0.4, 0.5) is 11.4 Å². The van der Waals surface area contributed by atoms with Crippen molar-refractivity contribution in [2.24, 2.45) is 0 Å². The van der Waals surface area contributed by atoms with Crippen molar-refractivity contribution in [2.45, 2.75) is 13.1 Å². The highest BCUT2D eigenvalue weighted by molar-refractivity contribution is 5.80. The molecule has 0 spiro atoms. The summed E-state index contributed by atoms with van der Waals surface area (Å²) < 4.78 is 0. The molecule has 4 rings (SSSR count). The molecule has 0 saturated carbocycles. The topological polar surface area (TPSA) is 30.5 Å². The fraction of sp³-hybridized carbons (Fsp3) is 0.280. The number of nitrogens with zero attached hydrogens (tertiary/aromatic N) is 2. The van der Waals surface area contributed by atoms with Gasteiger partial charge in [0.25, 0.3) is 0 Å². The number of hydrogen-bond donors (Lipinski definition) is 2. The molecule has 150 valence electrons. The third-order valence-electron chi connectivity index (χ3n) is 5.36. The molecule has 1 aliphatic heterocycles. The Bertz CT molecular complexity index is 937. The van der Waals surface area contributed by atoms with Gasteiger partial charge in [0, 0.05) is 26.2 Å². The Morgan fingerprint density at radius 2 is 1.41 bits per heavy atom. The summed E-state index contributed by atoms with van der Waals surface area (Å²) in [4.78, 5) is 4.78. The molecular formula is C25H30N4. The minimum atomic E-state index is 0.805. The molecule has 1 aliphatic rings. The van der Waals surface area contributed by atoms with Crippen molar-refractivity contribution in [3.63, 3.8) is 0 Å². The molecule has 4 heteroatoms. The summed E-state index contributed by atoms with van der Waals surface area (Å²) in [5.74, 6) is 0. The van der Waals surface area contributed by atoms with E-state index in [-0.39, 0.29) is 0 Å². The number of likely N-dealkylation sites (N-methyl/N-ethyl adjacent to an activating group) is 1. The van der Waals surface area contributed by atoms with Crippen molar-refractivity contribution in [1.29, 1.82) is 0 Å². The first kappa shape index (κ1) is 19.5. The van der Waals surface area contributed by atoms with Crippen LogP contribution in [0, 0.1) is 0 Å². The summed E-state index contributed by atoms with van der Waals surface area (Å²) in [5, 5.41) is 6.73. The Kier molecular flexibility index (Phi) is 6.13. The van der Waals surface area contributed by atoms with E-state index < -0.39 is 0 Å². The van der Waals surface area contributed by atoms with Gasteiger partial charge in [0.15, 0.2) is 0 Å². The first-order chi connectivity index (χ1) is 14.2. The van der Waals surface area contributed by atoms with Crippen molar-refractivity contribution in [3.8, 4) is 11.1 Å². The molecule has 0 atom stereocenters. The minimum absolute atomic E-state index is 0.805. The highest BCUT2D eigenvalue weighted by atomic mass is 15.2. The number of anilines is 2. The lowest BCUT2D eigenvalue weighted by molar-refractivity contribution is 0.226. The van der Waals surface area contributed by atoms with Crippen LogP contribution in [0.2, 0.25) is 0 Å². The van der Waals surface area contributed by atoms with E-state index in [1.165, 1.54) is 33.6 Å². The third kappa shape index (κ3) is 5.17. The molecule has 3 aromatic rings. The standard InChI is InChI=1S/C25H30N4/c1-28(2)13-14-29(17-20-7-4-3-5-8-20)18-21-9-6-10-22(15-21)23-11-12-24-25(16-23)27-19-26-24/h3-12,15-16,26-27H,13-14,17-19H2,1-2H3. The van der Waals surface area contributed by atoms with Gasteiger partial charge in [-0.3, -0.25) is 4.90 Å². The van der Waals surface area contributed by atoms with E-state index >= 15 is 0 Å². The molecule has 0 unspecified atom stereocenters. The van der Waals surface area contributed by atoms with Crippen molar-refractivity contribution in [1.82, 2.24) is 9.80 Å². The Balaban J connectivity index is 1.52. The summed E-state index contributed by atoms with van der Waals surface area (Å²) in [6.45, 7) is 4.81. The quantitative estimate of drug-likeness (QED) is 0.587. The van der Waals surface area contributed by atoms with E-state index in [9.17, 15) is 0 Å². The maximum atomic E-state index is 3.39. The number of hydrogen-bond acceptors (Lipinski definition) is 4. The Labute approximate surface area is 174 Å². The third-order valence-corrected chi connectivity index (χ3v) is 5.36. The predicted octanol–water partition coefficient (Wildman–Crippen LogP) is 4.71. The van der Waals surface area contributed by atoms with Crippen LogP contribution < -0.4 is 10.6 Å². The Morgan fingerprint density at radius 3 is 2.24 bits per heavy atom. The van der Waals surface area contributed by atoms with Gasteiger partial charge in [-0.25, -0.2) is 0 Å². The van der Waals surface area contributed by atoms with E-state index in [1.54, 1.807) is 0 Å². The maximum absolute atomic E-state index is 3.39. The Hall–Kier alpha value is -2.82. The van der Waals surface area contributed by atoms with Crippen LogP contribution in [-0.4, -0.2) is 43.7 Å². The summed E-state index contributed by atoms with van der Waals surface area (Å²) in [6.07, 6.45) is 0. The lowest BCUT2D eigenvalue weighted by Gasteiger charge is -2.24. The molecule has 2 N–H and O–H groups in total. The molecule has 0 radical (unpaired) electrons.